The molecule has 2 aromatic carbocycles. The van der Waals surface area contributed by atoms with E-state index in [9.17, 15) is 18.0 Å². The van der Waals surface area contributed by atoms with Crippen molar-refractivity contribution in [2.24, 2.45) is 5.41 Å². The number of esters is 1. The zero-order chi connectivity index (χ0) is 20.5. The third kappa shape index (κ3) is 4.35. The molecule has 0 amide bonds. The summed E-state index contributed by atoms with van der Waals surface area (Å²) in [6.07, 6.45) is -4.55. The van der Waals surface area contributed by atoms with E-state index in [-0.39, 0.29) is 6.54 Å². The van der Waals surface area contributed by atoms with Crippen molar-refractivity contribution in [1.29, 1.82) is 0 Å². The number of nitrogens with zero attached hydrogens (tertiary/aromatic N) is 2. The number of aromatic nitrogens is 2. The van der Waals surface area contributed by atoms with Crippen molar-refractivity contribution in [2.75, 3.05) is 6.61 Å². The van der Waals surface area contributed by atoms with Crippen molar-refractivity contribution in [3.8, 4) is 11.3 Å². The lowest BCUT2D eigenvalue weighted by atomic mass is 9.93. The minimum Gasteiger partial charge on any atom is -0.456 e. The van der Waals surface area contributed by atoms with Crippen LogP contribution >= 0.6 is 0 Å². The van der Waals surface area contributed by atoms with E-state index in [0.29, 0.717) is 0 Å². The van der Waals surface area contributed by atoms with Gasteiger partial charge in [0.05, 0.1) is 17.5 Å². The van der Waals surface area contributed by atoms with Crippen LogP contribution in [0.2, 0.25) is 0 Å². The van der Waals surface area contributed by atoms with E-state index < -0.39 is 24.2 Å². The number of halogens is 3. The van der Waals surface area contributed by atoms with Crippen LogP contribution in [0.25, 0.3) is 22.2 Å². The Morgan fingerprint density at radius 1 is 1.11 bits per heavy atom. The first-order valence-corrected chi connectivity index (χ1v) is 8.83. The molecular weight excluding hydrogens is 369 g/mol. The summed E-state index contributed by atoms with van der Waals surface area (Å²) in [5, 5.41) is 5.58. The largest absolute Gasteiger partial charge is 0.456 e. The Bertz CT molecular complexity index is 992. The van der Waals surface area contributed by atoms with Crippen molar-refractivity contribution in [1.82, 2.24) is 9.78 Å². The van der Waals surface area contributed by atoms with Gasteiger partial charge in [0.15, 0.2) is 6.61 Å². The average Bonchev–Trinajstić information content (AvgIpc) is 2.97. The minimum absolute atomic E-state index is 0.0937. The number of hydrogen-bond acceptors (Lipinski definition) is 3. The zero-order valence-corrected chi connectivity index (χ0v) is 15.9. The van der Waals surface area contributed by atoms with Gasteiger partial charge in [0, 0.05) is 10.9 Å². The van der Waals surface area contributed by atoms with Crippen LogP contribution in [0.5, 0.6) is 0 Å². The molecule has 1 heterocycles. The van der Waals surface area contributed by atoms with E-state index in [0.717, 1.165) is 27.7 Å². The van der Waals surface area contributed by atoms with Gasteiger partial charge in [0.2, 0.25) is 0 Å². The Balaban J connectivity index is 1.96. The summed E-state index contributed by atoms with van der Waals surface area (Å²) in [5.74, 6) is -0.914. The van der Waals surface area contributed by atoms with E-state index in [1.165, 1.54) is 0 Å². The lowest BCUT2D eigenvalue weighted by Gasteiger charge is -2.23. The first kappa shape index (κ1) is 19.9. The fraction of sp³-hybridized carbons (Fsp3) is 0.333. The predicted octanol–water partition coefficient (Wildman–Crippen LogP) is 5.14. The number of alkyl halides is 3. The fourth-order valence-corrected chi connectivity index (χ4v) is 3.00. The molecule has 0 fully saturated rings. The van der Waals surface area contributed by atoms with Crippen LogP contribution in [-0.2, 0) is 16.1 Å². The lowest BCUT2D eigenvalue weighted by Crippen LogP contribution is -2.34. The van der Waals surface area contributed by atoms with Crippen LogP contribution in [-0.4, -0.2) is 28.5 Å². The van der Waals surface area contributed by atoms with Gasteiger partial charge < -0.3 is 4.74 Å². The number of aryl methyl sites for hydroxylation is 1. The number of hydrogen-bond donors (Lipinski definition) is 0. The highest BCUT2D eigenvalue weighted by Crippen LogP contribution is 2.31. The van der Waals surface area contributed by atoms with E-state index >= 15 is 0 Å². The molecular formula is C21H21F3N2O2. The number of fused-ring (bicyclic) bond motifs is 1. The second-order valence-electron chi connectivity index (χ2n) is 7.47. The molecule has 1 aromatic heterocycles. The standard InChI is InChI=1S/C21H21F3N2O2/c1-14-9-10-16-17(11-14)26(25-18(16)15-7-5-4-6-8-15)12-20(2,3)19(27)28-13-21(22,23)24/h4-11H,12-13H2,1-3H3. The Hall–Kier alpha value is -2.83. The second-order valence-corrected chi connectivity index (χ2v) is 7.47. The Labute approximate surface area is 160 Å². The van der Waals surface area contributed by atoms with Gasteiger partial charge in [-0.05, 0) is 32.4 Å². The van der Waals surface area contributed by atoms with Gasteiger partial charge in [0.25, 0.3) is 0 Å². The molecule has 28 heavy (non-hydrogen) atoms. The predicted molar refractivity (Wildman–Crippen MR) is 101 cm³/mol. The molecule has 148 valence electrons. The minimum atomic E-state index is -4.55. The summed E-state index contributed by atoms with van der Waals surface area (Å²) in [7, 11) is 0. The summed E-state index contributed by atoms with van der Waals surface area (Å²) in [6, 6.07) is 15.5. The maximum Gasteiger partial charge on any atom is 0.422 e. The number of rotatable bonds is 5. The maximum absolute atomic E-state index is 12.4. The first-order chi connectivity index (χ1) is 13.1. The fourth-order valence-electron chi connectivity index (χ4n) is 3.00. The molecule has 0 saturated carbocycles. The summed E-state index contributed by atoms with van der Waals surface area (Å²) in [6.45, 7) is 3.55. The highest BCUT2D eigenvalue weighted by Gasteiger charge is 2.36. The molecule has 4 nitrogen and oxygen atoms in total. The van der Waals surface area contributed by atoms with E-state index in [4.69, 9.17) is 0 Å². The third-order valence-electron chi connectivity index (χ3n) is 4.42. The molecule has 0 aliphatic heterocycles. The van der Waals surface area contributed by atoms with Crippen LogP contribution < -0.4 is 0 Å². The van der Waals surface area contributed by atoms with Crippen molar-refractivity contribution >= 4 is 16.9 Å². The van der Waals surface area contributed by atoms with E-state index in [2.05, 4.69) is 9.84 Å². The van der Waals surface area contributed by atoms with Crippen molar-refractivity contribution in [3.63, 3.8) is 0 Å². The SMILES string of the molecule is Cc1ccc2c(-c3ccccc3)nn(CC(C)(C)C(=O)OCC(F)(F)F)c2c1. The molecule has 7 heteroatoms. The van der Waals surface area contributed by atoms with Crippen LogP contribution in [0.4, 0.5) is 13.2 Å². The van der Waals surface area contributed by atoms with E-state index in [1.54, 1.807) is 18.5 Å². The molecule has 0 atom stereocenters. The summed E-state index contributed by atoms with van der Waals surface area (Å²) in [5.41, 5.74) is 2.34. The van der Waals surface area contributed by atoms with Crippen LogP contribution in [0.1, 0.15) is 19.4 Å². The average molecular weight is 390 g/mol. The normalized spacial score (nSPS) is 12.4. The molecule has 0 bridgehead atoms. The molecule has 0 spiro atoms. The molecule has 0 aliphatic rings. The molecule has 0 N–H and O–H groups in total. The van der Waals surface area contributed by atoms with Crippen LogP contribution in [0.15, 0.2) is 48.5 Å². The smallest absolute Gasteiger partial charge is 0.422 e. The van der Waals surface area contributed by atoms with Crippen molar-refractivity contribution in [3.05, 3.63) is 54.1 Å². The first-order valence-electron chi connectivity index (χ1n) is 8.83. The molecule has 3 rings (SSSR count). The Morgan fingerprint density at radius 2 is 1.79 bits per heavy atom. The van der Waals surface area contributed by atoms with Crippen molar-refractivity contribution < 1.29 is 22.7 Å². The van der Waals surface area contributed by atoms with Gasteiger partial charge in [-0.25, -0.2) is 0 Å². The zero-order valence-electron chi connectivity index (χ0n) is 15.9. The van der Waals surface area contributed by atoms with Gasteiger partial charge in [-0.1, -0.05) is 42.5 Å². The monoisotopic (exact) mass is 390 g/mol. The summed E-state index contributed by atoms with van der Waals surface area (Å²) < 4.78 is 43.3. The van der Waals surface area contributed by atoms with Gasteiger partial charge in [-0.3, -0.25) is 9.48 Å². The summed E-state index contributed by atoms with van der Waals surface area (Å²) >= 11 is 0. The summed E-state index contributed by atoms with van der Waals surface area (Å²) in [4.78, 5) is 12.2. The number of carbonyl (C=O) groups excluding carboxylic acids is 1. The van der Waals surface area contributed by atoms with Crippen LogP contribution in [0, 0.1) is 12.3 Å². The molecule has 0 aliphatic carbocycles. The molecule has 3 aromatic rings. The number of benzene rings is 2. The van der Waals surface area contributed by atoms with Gasteiger partial charge in [-0.15, -0.1) is 0 Å². The molecule has 0 radical (unpaired) electrons. The lowest BCUT2D eigenvalue weighted by molar-refractivity contribution is -0.193. The second kappa shape index (κ2) is 7.30. The Morgan fingerprint density at radius 3 is 2.43 bits per heavy atom. The quantitative estimate of drug-likeness (QED) is 0.567. The van der Waals surface area contributed by atoms with Gasteiger partial charge in [0.1, 0.15) is 5.69 Å². The highest BCUT2D eigenvalue weighted by molar-refractivity contribution is 5.93. The van der Waals surface area contributed by atoms with Gasteiger partial charge >= 0.3 is 12.1 Å². The molecule has 0 saturated heterocycles. The number of ether oxygens (including phenoxy) is 1. The highest BCUT2D eigenvalue weighted by atomic mass is 19.4. The van der Waals surface area contributed by atoms with Crippen molar-refractivity contribution in [2.45, 2.75) is 33.5 Å². The third-order valence-corrected chi connectivity index (χ3v) is 4.42. The Kier molecular flexibility index (Phi) is 5.19. The van der Waals surface area contributed by atoms with Gasteiger partial charge in [-0.2, -0.15) is 18.3 Å². The topological polar surface area (TPSA) is 44.1 Å². The number of carbonyl (C=O) groups is 1. The van der Waals surface area contributed by atoms with E-state index in [1.807, 2.05) is 55.5 Å². The van der Waals surface area contributed by atoms with Crippen LogP contribution in [0.3, 0.4) is 0 Å². The maximum atomic E-state index is 12.4. The molecule has 0 unspecified atom stereocenters.